The Morgan fingerprint density at radius 2 is 2.00 bits per heavy atom. The molecule has 0 spiro atoms. The van der Waals surface area contributed by atoms with Gasteiger partial charge in [-0.25, -0.2) is 0 Å². The minimum absolute atomic E-state index is 0. The van der Waals surface area contributed by atoms with Gasteiger partial charge in [0.25, 0.3) is 5.91 Å². The van der Waals surface area contributed by atoms with Crippen molar-refractivity contribution in [2.75, 3.05) is 6.54 Å². The van der Waals surface area contributed by atoms with Crippen LogP contribution in [0, 0.1) is 12.8 Å². The molecule has 0 aliphatic carbocycles. The summed E-state index contributed by atoms with van der Waals surface area (Å²) in [5.74, 6) is 1.01. The molecule has 3 N–H and O–H groups in total. The van der Waals surface area contributed by atoms with E-state index in [1.165, 1.54) is 0 Å². The predicted octanol–water partition coefficient (Wildman–Crippen LogP) is 3.44. The molecule has 0 saturated heterocycles. The van der Waals surface area contributed by atoms with E-state index in [1.54, 1.807) is 6.92 Å². The molecular weight excluding hydrogens is 368 g/mol. The first kappa shape index (κ1) is 21.2. The first-order chi connectivity index (χ1) is 9.83. The van der Waals surface area contributed by atoms with Crippen LogP contribution in [-0.4, -0.2) is 24.6 Å². The van der Waals surface area contributed by atoms with Gasteiger partial charge in [0, 0.05) is 12.6 Å². The van der Waals surface area contributed by atoms with Crippen LogP contribution in [0.15, 0.2) is 22.7 Å². The lowest BCUT2D eigenvalue weighted by Gasteiger charge is -2.22. The number of carbonyl (C=O) groups excluding carboxylic acids is 1. The molecule has 0 heterocycles. The van der Waals surface area contributed by atoms with Gasteiger partial charge in [-0.3, -0.25) is 4.79 Å². The largest absolute Gasteiger partial charge is 0.480 e. The highest BCUT2D eigenvalue weighted by molar-refractivity contribution is 9.10. The quantitative estimate of drug-likeness (QED) is 0.746. The lowest BCUT2D eigenvalue weighted by molar-refractivity contribution is -0.128. The number of benzene rings is 1. The number of hydrogen-bond donors (Lipinski definition) is 2. The summed E-state index contributed by atoms with van der Waals surface area (Å²) in [6, 6.07) is 5.76. The van der Waals surface area contributed by atoms with E-state index in [4.69, 9.17) is 10.5 Å². The lowest BCUT2D eigenvalue weighted by Crippen LogP contribution is -2.46. The van der Waals surface area contributed by atoms with E-state index in [9.17, 15) is 4.79 Å². The van der Waals surface area contributed by atoms with E-state index < -0.39 is 6.10 Å². The van der Waals surface area contributed by atoms with Crippen LogP contribution >= 0.6 is 28.3 Å². The Bertz CT molecular complexity index is 483. The summed E-state index contributed by atoms with van der Waals surface area (Å²) in [5, 5.41) is 2.94. The molecule has 1 rings (SSSR count). The summed E-state index contributed by atoms with van der Waals surface area (Å²) < 4.78 is 6.56. The molecule has 0 saturated carbocycles. The number of hydrogen-bond acceptors (Lipinski definition) is 3. The number of nitrogens with two attached hydrogens (primary N) is 1. The topological polar surface area (TPSA) is 64.3 Å². The van der Waals surface area contributed by atoms with Crippen LogP contribution in [0.25, 0.3) is 0 Å². The van der Waals surface area contributed by atoms with Gasteiger partial charge < -0.3 is 15.8 Å². The van der Waals surface area contributed by atoms with Crippen LogP contribution in [0.2, 0.25) is 0 Å². The molecule has 0 fully saturated rings. The van der Waals surface area contributed by atoms with Crippen LogP contribution in [0.4, 0.5) is 0 Å². The minimum Gasteiger partial charge on any atom is -0.480 e. The Labute approximate surface area is 147 Å². The van der Waals surface area contributed by atoms with E-state index in [1.807, 2.05) is 25.1 Å². The summed E-state index contributed by atoms with van der Waals surface area (Å²) in [7, 11) is 0. The van der Waals surface area contributed by atoms with Gasteiger partial charge in [0.2, 0.25) is 0 Å². The molecule has 1 aromatic rings. The molecule has 22 heavy (non-hydrogen) atoms. The maximum Gasteiger partial charge on any atom is 0.261 e. The fourth-order valence-electron chi connectivity index (χ4n) is 2.05. The van der Waals surface area contributed by atoms with Crippen molar-refractivity contribution < 1.29 is 9.53 Å². The minimum atomic E-state index is -0.565. The van der Waals surface area contributed by atoms with Gasteiger partial charge in [-0.15, -0.1) is 12.4 Å². The highest BCUT2D eigenvalue weighted by Crippen LogP contribution is 2.26. The van der Waals surface area contributed by atoms with Crippen LogP contribution in [0.1, 0.15) is 32.8 Å². The summed E-state index contributed by atoms with van der Waals surface area (Å²) in [6.45, 7) is 8.40. The summed E-state index contributed by atoms with van der Waals surface area (Å²) >= 11 is 3.45. The number of amides is 1. The molecule has 2 unspecified atom stereocenters. The predicted molar refractivity (Wildman–Crippen MR) is 96.7 cm³/mol. The zero-order valence-electron chi connectivity index (χ0n) is 13.6. The van der Waals surface area contributed by atoms with Crippen molar-refractivity contribution in [2.45, 2.75) is 46.3 Å². The van der Waals surface area contributed by atoms with Crippen LogP contribution in [0.3, 0.4) is 0 Å². The van der Waals surface area contributed by atoms with Gasteiger partial charge in [-0.05, 0) is 59.8 Å². The third-order valence-electron chi connectivity index (χ3n) is 3.15. The van der Waals surface area contributed by atoms with E-state index in [0.29, 0.717) is 18.2 Å². The molecule has 2 atom stereocenters. The van der Waals surface area contributed by atoms with Gasteiger partial charge in [-0.2, -0.15) is 0 Å². The molecule has 1 aromatic carbocycles. The van der Waals surface area contributed by atoms with Crippen LogP contribution in [-0.2, 0) is 4.79 Å². The lowest BCUT2D eigenvalue weighted by atomic mass is 10.0. The molecule has 0 aliphatic heterocycles. The smallest absolute Gasteiger partial charge is 0.261 e. The third kappa shape index (κ3) is 6.99. The van der Waals surface area contributed by atoms with E-state index >= 15 is 0 Å². The SMILES string of the molecule is Cc1ccc(OC(C)C(=O)NC(CN)CC(C)C)c(Br)c1.Cl. The maximum absolute atomic E-state index is 12.2. The van der Waals surface area contributed by atoms with Crippen molar-refractivity contribution in [2.24, 2.45) is 11.7 Å². The monoisotopic (exact) mass is 392 g/mol. The highest BCUT2D eigenvalue weighted by atomic mass is 79.9. The van der Waals surface area contributed by atoms with Crippen molar-refractivity contribution in [3.05, 3.63) is 28.2 Å². The zero-order valence-corrected chi connectivity index (χ0v) is 16.0. The average Bonchev–Trinajstić information content (AvgIpc) is 2.40. The molecule has 0 bridgehead atoms. The molecule has 6 heteroatoms. The molecular formula is C16H26BrClN2O2. The fraction of sp³-hybridized carbons (Fsp3) is 0.562. The first-order valence-electron chi connectivity index (χ1n) is 7.26. The second kappa shape index (κ2) is 10.1. The van der Waals surface area contributed by atoms with Crippen LogP contribution < -0.4 is 15.8 Å². The van der Waals surface area contributed by atoms with Gasteiger partial charge in [0.05, 0.1) is 4.47 Å². The van der Waals surface area contributed by atoms with Crippen molar-refractivity contribution in [1.29, 1.82) is 0 Å². The number of rotatable bonds is 7. The molecule has 4 nitrogen and oxygen atoms in total. The molecule has 0 aromatic heterocycles. The summed E-state index contributed by atoms with van der Waals surface area (Å²) in [4.78, 5) is 12.2. The van der Waals surface area contributed by atoms with Gasteiger partial charge in [-0.1, -0.05) is 19.9 Å². The van der Waals surface area contributed by atoms with Crippen LogP contribution in [0.5, 0.6) is 5.75 Å². The van der Waals surface area contributed by atoms with Gasteiger partial charge in [0.1, 0.15) is 5.75 Å². The van der Waals surface area contributed by atoms with Gasteiger partial charge >= 0.3 is 0 Å². The first-order valence-corrected chi connectivity index (χ1v) is 8.06. The Kier molecular flexibility index (Phi) is 9.72. The standard InChI is InChI=1S/C16H25BrN2O2.ClH/c1-10(2)7-13(9-18)19-16(20)12(4)21-15-6-5-11(3)8-14(15)17;/h5-6,8,10,12-13H,7,9,18H2,1-4H3,(H,19,20);1H. The van der Waals surface area contributed by atoms with E-state index in [-0.39, 0.29) is 24.4 Å². The van der Waals surface area contributed by atoms with E-state index in [0.717, 1.165) is 16.5 Å². The number of aryl methyl sites for hydroxylation is 1. The Morgan fingerprint density at radius 3 is 2.50 bits per heavy atom. The summed E-state index contributed by atoms with van der Waals surface area (Å²) in [6.07, 6.45) is 0.300. The number of nitrogens with one attached hydrogen (secondary N) is 1. The molecule has 0 aliphatic rings. The second-order valence-electron chi connectivity index (χ2n) is 5.76. The molecule has 0 radical (unpaired) electrons. The van der Waals surface area contributed by atoms with Crippen molar-refractivity contribution in [3.8, 4) is 5.75 Å². The Hall–Kier alpha value is -0.780. The van der Waals surface area contributed by atoms with Crippen molar-refractivity contribution in [3.63, 3.8) is 0 Å². The highest BCUT2D eigenvalue weighted by Gasteiger charge is 2.19. The second-order valence-corrected chi connectivity index (χ2v) is 6.62. The molecule has 1 amide bonds. The van der Waals surface area contributed by atoms with E-state index in [2.05, 4.69) is 35.1 Å². The Morgan fingerprint density at radius 1 is 1.36 bits per heavy atom. The summed E-state index contributed by atoms with van der Waals surface area (Å²) in [5.41, 5.74) is 6.83. The maximum atomic E-state index is 12.2. The number of halogens is 2. The number of carbonyl (C=O) groups is 1. The average molecular weight is 394 g/mol. The molecule has 126 valence electrons. The normalized spacial score (nSPS) is 13.2. The van der Waals surface area contributed by atoms with Crippen molar-refractivity contribution in [1.82, 2.24) is 5.32 Å². The third-order valence-corrected chi connectivity index (χ3v) is 3.77. The van der Waals surface area contributed by atoms with Crippen molar-refractivity contribution >= 4 is 34.2 Å². The fourth-order valence-corrected chi connectivity index (χ4v) is 2.63. The number of ether oxygens (including phenoxy) is 1. The Balaban J connectivity index is 0.00000441. The van der Waals surface area contributed by atoms with Gasteiger partial charge in [0.15, 0.2) is 6.10 Å². The zero-order chi connectivity index (χ0) is 16.0.